The molecule has 0 fully saturated rings. The molecule has 0 spiro atoms. The van der Waals surface area contributed by atoms with Gasteiger partial charge in [0.25, 0.3) is 5.91 Å². The van der Waals surface area contributed by atoms with Crippen LogP contribution in [0.3, 0.4) is 0 Å². The van der Waals surface area contributed by atoms with E-state index in [0.29, 0.717) is 0 Å². The lowest BCUT2D eigenvalue weighted by atomic mass is 10.2. The third kappa shape index (κ3) is 1.78. The molecular formula is C6H9N3O2. The summed E-state index contributed by atoms with van der Waals surface area (Å²) in [6.07, 6.45) is 2.84. The number of hydrogen-bond donors (Lipinski definition) is 3. The Kier molecular flexibility index (Phi) is 1.66. The molecule has 0 saturated heterocycles. The van der Waals surface area contributed by atoms with Crippen molar-refractivity contribution >= 4 is 11.7 Å². The summed E-state index contributed by atoms with van der Waals surface area (Å²) in [6.45, 7) is 1.45. The van der Waals surface area contributed by atoms with Gasteiger partial charge in [0.1, 0.15) is 0 Å². The molecule has 1 aliphatic rings. The Morgan fingerprint density at radius 1 is 1.91 bits per heavy atom. The summed E-state index contributed by atoms with van der Waals surface area (Å²) >= 11 is 0. The maximum Gasteiger partial charge on any atom is 0.284 e. The van der Waals surface area contributed by atoms with Gasteiger partial charge in [-0.2, -0.15) is 0 Å². The zero-order valence-corrected chi connectivity index (χ0v) is 6.03. The molecule has 1 aliphatic heterocycles. The molecule has 5 nitrogen and oxygen atoms in total. The lowest BCUT2D eigenvalue weighted by Crippen LogP contribution is -2.39. The van der Waals surface area contributed by atoms with E-state index in [1.54, 1.807) is 0 Å². The Labute approximate surface area is 63.6 Å². The molecule has 0 radical (unpaired) electrons. The van der Waals surface area contributed by atoms with Crippen molar-refractivity contribution in [2.75, 3.05) is 0 Å². The monoisotopic (exact) mass is 155 g/mol. The van der Waals surface area contributed by atoms with Gasteiger partial charge >= 0.3 is 0 Å². The minimum atomic E-state index is -1.32. The van der Waals surface area contributed by atoms with Crippen molar-refractivity contribution in [1.82, 2.24) is 5.32 Å². The average molecular weight is 155 g/mol. The second-order valence-electron chi connectivity index (χ2n) is 2.40. The predicted molar refractivity (Wildman–Crippen MR) is 39.5 cm³/mol. The summed E-state index contributed by atoms with van der Waals surface area (Å²) in [5.41, 5.74) is 3.59. The van der Waals surface area contributed by atoms with Crippen molar-refractivity contribution in [3.63, 3.8) is 0 Å². The van der Waals surface area contributed by atoms with Crippen LogP contribution in [0.25, 0.3) is 0 Å². The van der Waals surface area contributed by atoms with Crippen molar-refractivity contribution in [1.29, 1.82) is 0 Å². The highest BCUT2D eigenvalue weighted by Gasteiger charge is 2.20. The van der Waals surface area contributed by atoms with Gasteiger partial charge in [0.05, 0.1) is 0 Å². The highest BCUT2D eigenvalue weighted by molar-refractivity contribution is 6.37. The molecule has 1 amide bonds. The third-order valence-corrected chi connectivity index (χ3v) is 1.19. The first-order valence-corrected chi connectivity index (χ1v) is 3.07. The molecule has 60 valence electrons. The summed E-state index contributed by atoms with van der Waals surface area (Å²) in [7, 11) is 0. The van der Waals surface area contributed by atoms with Crippen LogP contribution < -0.4 is 11.1 Å². The van der Waals surface area contributed by atoms with E-state index in [4.69, 9.17) is 5.73 Å². The van der Waals surface area contributed by atoms with E-state index in [9.17, 15) is 9.90 Å². The van der Waals surface area contributed by atoms with E-state index in [1.165, 1.54) is 19.2 Å². The summed E-state index contributed by atoms with van der Waals surface area (Å²) in [5, 5.41) is 11.8. The predicted octanol–water partition coefficient (Wildman–Crippen LogP) is -1.30. The minimum absolute atomic E-state index is 0.0301. The number of aliphatic imine (C=N–C) groups is 1. The third-order valence-electron chi connectivity index (χ3n) is 1.19. The number of carbonyl (C=O) groups is 1. The summed E-state index contributed by atoms with van der Waals surface area (Å²) in [6, 6.07) is 0. The van der Waals surface area contributed by atoms with E-state index in [0.717, 1.165) is 0 Å². The Morgan fingerprint density at radius 2 is 2.55 bits per heavy atom. The lowest BCUT2D eigenvalue weighted by molar-refractivity contribution is -0.112. The highest BCUT2D eigenvalue weighted by atomic mass is 16.3. The normalized spacial score (nSPS) is 29.1. The van der Waals surface area contributed by atoms with Crippen LogP contribution >= 0.6 is 0 Å². The highest BCUT2D eigenvalue weighted by Crippen LogP contribution is 2.09. The molecule has 0 aromatic rings. The van der Waals surface area contributed by atoms with Crippen molar-refractivity contribution in [2.24, 2.45) is 10.7 Å². The van der Waals surface area contributed by atoms with Gasteiger partial charge in [0, 0.05) is 6.20 Å². The number of nitrogens with one attached hydrogen (secondary N) is 1. The fourth-order valence-corrected chi connectivity index (χ4v) is 0.701. The smallest absolute Gasteiger partial charge is 0.284 e. The number of carbonyl (C=O) groups excluding carboxylic acids is 1. The first-order chi connectivity index (χ1) is 5.01. The van der Waals surface area contributed by atoms with Gasteiger partial charge in [-0.15, -0.1) is 0 Å². The van der Waals surface area contributed by atoms with Crippen LogP contribution in [0.2, 0.25) is 0 Å². The number of nitrogens with zero attached hydrogens (tertiary/aromatic N) is 1. The van der Waals surface area contributed by atoms with Crippen LogP contribution in [-0.2, 0) is 4.79 Å². The Hall–Kier alpha value is -1.36. The largest absolute Gasteiger partial charge is 0.366 e. The van der Waals surface area contributed by atoms with Gasteiger partial charge in [0.2, 0.25) is 0 Å². The SMILES string of the molecule is CC1(O)C=CNC(C(N)=O)=N1. The molecule has 4 N–H and O–H groups in total. The summed E-state index contributed by atoms with van der Waals surface area (Å²) in [4.78, 5) is 14.1. The first-order valence-electron chi connectivity index (χ1n) is 3.07. The number of rotatable bonds is 1. The molecule has 0 bridgehead atoms. The molecule has 0 aromatic heterocycles. The topological polar surface area (TPSA) is 87.7 Å². The molecule has 1 rings (SSSR count). The second-order valence-corrected chi connectivity index (χ2v) is 2.40. The number of primary amides is 1. The van der Waals surface area contributed by atoms with Crippen LogP contribution in [-0.4, -0.2) is 22.6 Å². The van der Waals surface area contributed by atoms with E-state index >= 15 is 0 Å². The van der Waals surface area contributed by atoms with Gasteiger partial charge in [-0.1, -0.05) is 0 Å². The van der Waals surface area contributed by atoms with Gasteiger partial charge in [-0.05, 0) is 13.0 Å². The fourth-order valence-electron chi connectivity index (χ4n) is 0.701. The standard InChI is InChI=1S/C6H9N3O2/c1-6(11)2-3-8-5(9-6)4(7)10/h2-3,11H,1H3,(H2,7,10)(H,8,9). The van der Waals surface area contributed by atoms with E-state index < -0.39 is 11.6 Å². The molecule has 11 heavy (non-hydrogen) atoms. The van der Waals surface area contributed by atoms with Crippen LogP contribution in [0.1, 0.15) is 6.92 Å². The molecular weight excluding hydrogens is 146 g/mol. The van der Waals surface area contributed by atoms with Crippen LogP contribution in [0.5, 0.6) is 0 Å². The molecule has 1 atom stereocenters. The van der Waals surface area contributed by atoms with Gasteiger partial charge < -0.3 is 16.2 Å². The summed E-state index contributed by atoms with van der Waals surface area (Å²) in [5.74, 6) is -0.716. The van der Waals surface area contributed by atoms with Gasteiger partial charge in [-0.3, -0.25) is 4.79 Å². The zero-order valence-electron chi connectivity index (χ0n) is 6.03. The number of hydrogen-bond acceptors (Lipinski definition) is 4. The maximum atomic E-state index is 10.5. The van der Waals surface area contributed by atoms with Gasteiger partial charge in [-0.25, -0.2) is 4.99 Å². The second kappa shape index (κ2) is 2.35. The van der Waals surface area contributed by atoms with Crippen molar-refractivity contribution < 1.29 is 9.90 Å². The minimum Gasteiger partial charge on any atom is -0.366 e. The number of nitrogens with two attached hydrogens (primary N) is 1. The Morgan fingerprint density at radius 3 is 2.91 bits per heavy atom. The molecule has 0 aromatic carbocycles. The quantitative estimate of drug-likeness (QED) is 0.439. The lowest BCUT2D eigenvalue weighted by Gasteiger charge is -2.18. The van der Waals surface area contributed by atoms with E-state index in [1.807, 2.05) is 0 Å². The Balaban J connectivity index is 2.86. The van der Waals surface area contributed by atoms with Crippen molar-refractivity contribution in [3.05, 3.63) is 12.3 Å². The van der Waals surface area contributed by atoms with Crippen molar-refractivity contribution in [2.45, 2.75) is 12.6 Å². The van der Waals surface area contributed by atoms with Crippen LogP contribution in [0.4, 0.5) is 0 Å². The average Bonchev–Trinajstić information content (AvgIpc) is 1.85. The molecule has 0 aliphatic carbocycles. The number of aliphatic hydroxyl groups is 1. The Bertz CT molecular complexity index is 242. The maximum absolute atomic E-state index is 10.5. The van der Waals surface area contributed by atoms with E-state index in [2.05, 4.69) is 10.3 Å². The van der Waals surface area contributed by atoms with E-state index in [-0.39, 0.29) is 5.84 Å². The molecule has 0 saturated carbocycles. The van der Waals surface area contributed by atoms with Gasteiger partial charge in [0.15, 0.2) is 11.6 Å². The molecule has 5 heteroatoms. The summed E-state index contributed by atoms with van der Waals surface area (Å²) < 4.78 is 0. The van der Waals surface area contributed by atoms with Crippen molar-refractivity contribution in [3.8, 4) is 0 Å². The zero-order chi connectivity index (χ0) is 8.48. The van der Waals surface area contributed by atoms with Crippen LogP contribution in [0.15, 0.2) is 17.3 Å². The van der Waals surface area contributed by atoms with Crippen LogP contribution in [0, 0.1) is 0 Å². The number of amidine groups is 1. The number of amides is 1. The first kappa shape index (κ1) is 7.74. The molecule has 1 heterocycles. The molecule has 1 unspecified atom stereocenters. The fraction of sp³-hybridized carbons (Fsp3) is 0.333.